The molecule has 0 bridgehead atoms. The number of carbonyl (C=O) groups is 2. The van der Waals surface area contributed by atoms with Crippen LogP contribution in [0, 0.1) is 34.6 Å². The number of anilines is 1. The van der Waals surface area contributed by atoms with Crippen molar-refractivity contribution < 1.29 is 9.59 Å². The molecule has 162 valence electrons. The van der Waals surface area contributed by atoms with Crippen molar-refractivity contribution >= 4 is 29.1 Å². The second kappa shape index (κ2) is 9.35. The van der Waals surface area contributed by atoms with E-state index in [0.29, 0.717) is 12.2 Å². The van der Waals surface area contributed by atoms with Crippen LogP contribution in [0.4, 0.5) is 5.69 Å². The molecule has 3 aromatic rings. The summed E-state index contributed by atoms with van der Waals surface area (Å²) in [5.41, 5.74) is 6.86. The van der Waals surface area contributed by atoms with Gasteiger partial charge in [-0.25, -0.2) is 4.68 Å². The highest BCUT2D eigenvalue weighted by atomic mass is 35.5. The fourth-order valence-corrected chi connectivity index (χ4v) is 3.91. The number of aromatic nitrogens is 2. The second-order valence-corrected chi connectivity index (χ2v) is 8.26. The number of nitrogens with one attached hydrogen (secondary N) is 2. The van der Waals surface area contributed by atoms with Crippen LogP contribution < -0.4 is 10.6 Å². The Labute approximate surface area is 187 Å². The van der Waals surface area contributed by atoms with E-state index < -0.39 is 5.91 Å². The minimum absolute atomic E-state index is 0.162. The second-order valence-electron chi connectivity index (χ2n) is 7.90. The highest BCUT2D eigenvalue weighted by Gasteiger charge is 2.21. The van der Waals surface area contributed by atoms with Gasteiger partial charge in [-0.2, -0.15) is 5.10 Å². The number of hydrogen-bond acceptors (Lipinski definition) is 3. The largest absolute Gasteiger partial charge is 0.343 e. The average molecular weight is 439 g/mol. The third-order valence-corrected chi connectivity index (χ3v) is 5.48. The maximum Gasteiger partial charge on any atom is 0.256 e. The van der Waals surface area contributed by atoms with E-state index >= 15 is 0 Å². The van der Waals surface area contributed by atoms with Crippen LogP contribution >= 0.6 is 11.6 Å². The molecule has 0 aliphatic carbocycles. The fraction of sp³-hybridized carbons (Fsp3) is 0.292. The Morgan fingerprint density at radius 3 is 2.19 bits per heavy atom. The minimum Gasteiger partial charge on any atom is -0.343 e. The van der Waals surface area contributed by atoms with Crippen molar-refractivity contribution in [2.24, 2.45) is 0 Å². The molecule has 0 atom stereocenters. The first-order valence-corrected chi connectivity index (χ1v) is 10.5. The third kappa shape index (κ3) is 5.33. The first-order valence-electron chi connectivity index (χ1n) is 10.1. The molecule has 0 radical (unpaired) electrons. The monoisotopic (exact) mass is 438 g/mol. The third-order valence-electron chi connectivity index (χ3n) is 5.10. The maximum absolute atomic E-state index is 12.7. The van der Waals surface area contributed by atoms with Gasteiger partial charge in [-0.15, -0.1) is 0 Å². The normalized spacial score (nSPS) is 10.8. The lowest BCUT2D eigenvalue weighted by atomic mass is 10.1. The molecule has 1 aromatic heterocycles. The number of benzene rings is 2. The summed E-state index contributed by atoms with van der Waals surface area (Å²) in [7, 11) is 0. The summed E-state index contributed by atoms with van der Waals surface area (Å²) < 4.78 is 1.59. The molecule has 0 saturated carbocycles. The Hall–Kier alpha value is -3.12. The highest BCUT2D eigenvalue weighted by Crippen LogP contribution is 2.22. The standard InChI is InChI=1S/C24H27ClN4O2/c1-14-6-8-19(9-7-14)13-29-23(25)21(18(5)28-29)24(31)26-12-20(30)27-22-16(3)10-15(2)11-17(22)4/h6-11H,12-13H2,1-5H3,(H,26,31)(H,27,30). The number of rotatable bonds is 6. The minimum atomic E-state index is -0.426. The molecule has 7 heteroatoms. The molecular weight excluding hydrogens is 412 g/mol. The van der Waals surface area contributed by atoms with Crippen LogP contribution in [0.15, 0.2) is 36.4 Å². The van der Waals surface area contributed by atoms with Crippen molar-refractivity contribution in [3.8, 4) is 0 Å². The Morgan fingerprint density at radius 2 is 1.58 bits per heavy atom. The number of carbonyl (C=O) groups excluding carboxylic acids is 2. The molecule has 1 heterocycles. The number of halogens is 1. The van der Waals surface area contributed by atoms with Crippen LogP contribution in [0.1, 0.15) is 43.9 Å². The summed E-state index contributed by atoms with van der Waals surface area (Å²) in [5.74, 6) is -0.727. The van der Waals surface area contributed by atoms with Gasteiger partial charge < -0.3 is 10.6 Å². The lowest BCUT2D eigenvalue weighted by Gasteiger charge is -2.13. The lowest BCUT2D eigenvalue weighted by molar-refractivity contribution is -0.115. The van der Waals surface area contributed by atoms with Gasteiger partial charge in [0.15, 0.2) is 0 Å². The zero-order valence-electron chi connectivity index (χ0n) is 18.5. The van der Waals surface area contributed by atoms with Crippen molar-refractivity contribution in [3.63, 3.8) is 0 Å². The molecule has 0 spiro atoms. The molecule has 0 aliphatic heterocycles. The summed E-state index contributed by atoms with van der Waals surface area (Å²) in [6.45, 7) is 9.95. The quantitative estimate of drug-likeness (QED) is 0.595. The van der Waals surface area contributed by atoms with Gasteiger partial charge in [0.2, 0.25) is 5.91 Å². The van der Waals surface area contributed by atoms with Crippen LogP contribution in [0.25, 0.3) is 0 Å². The molecule has 0 unspecified atom stereocenters. The SMILES string of the molecule is Cc1ccc(Cn2nc(C)c(C(=O)NCC(=O)Nc3c(C)cc(C)cc3C)c2Cl)cc1. The summed E-state index contributed by atoms with van der Waals surface area (Å²) in [4.78, 5) is 25.1. The molecule has 0 aliphatic rings. The van der Waals surface area contributed by atoms with Crippen molar-refractivity contribution in [1.29, 1.82) is 0 Å². The van der Waals surface area contributed by atoms with Crippen molar-refractivity contribution in [1.82, 2.24) is 15.1 Å². The first-order chi connectivity index (χ1) is 14.7. The van der Waals surface area contributed by atoms with Crippen LogP contribution in [-0.4, -0.2) is 28.1 Å². The van der Waals surface area contributed by atoms with Gasteiger partial charge in [-0.1, -0.05) is 59.1 Å². The van der Waals surface area contributed by atoms with Gasteiger partial charge in [-0.05, 0) is 51.3 Å². The van der Waals surface area contributed by atoms with Gasteiger partial charge in [0, 0.05) is 5.69 Å². The van der Waals surface area contributed by atoms with Gasteiger partial charge in [0.05, 0.1) is 24.3 Å². The summed E-state index contributed by atoms with van der Waals surface area (Å²) in [6, 6.07) is 12.1. The van der Waals surface area contributed by atoms with Crippen molar-refractivity contribution in [3.05, 3.63) is 80.6 Å². The molecular formula is C24H27ClN4O2. The molecule has 31 heavy (non-hydrogen) atoms. The smallest absolute Gasteiger partial charge is 0.256 e. The van der Waals surface area contributed by atoms with E-state index in [1.807, 2.05) is 64.1 Å². The van der Waals surface area contributed by atoms with Gasteiger partial charge >= 0.3 is 0 Å². The van der Waals surface area contributed by atoms with E-state index in [1.54, 1.807) is 11.6 Å². The van der Waals surface area contributed by atoms with Crippen LogP contribution in [0.2, 0.25) is 5.15 Å². The summed E-state index contributed by atoms with van der Waals surface area (Å²) in [5, 5.41) is 10.2. The molecule has 6 nitrogen and oxygen atoms in total. The van der Waals surface area contributed by atoms with E-state index in [2.05, 4.69) is 15.7 Å². The molecule has 2 amide bonds. The maximum atomic E-state index is 12.7. The van der Waals surface area contributed by atoms with E-state index in [0.717, 1.165) is 27.9 Å². The molecule has 2 N–H and O–H groups in total. The topological polar surface area (TPSA) is 76.0 Å². The number of amides is 2. The molecule has 0 saturated heterocycles. The predicted octanol–water partition coefficient (Wildman–Crippen LogP) is 4.50. The van der Waals surface area contributed by atoms with E-state index in [1.165, 1.54) is 5.56 Å². The van der Waals surface area contributed by atoms with Gasteiger partial charge in [0.1, 0.15) is 5.15 Å². The fourth-order valence-electron chi connectivity index (χ4n) is 3.59. The first kappa shape index (κ1) is 22.6. The number of nitrogens with zero attached hydrogens (tertiary/aromatic N) is 2. The van der Waals surface area contributed by atoms with Crippen LogP contribution in [0.3, 0.4) is 0 Å². The van der Waals surface area contributed by atoms with Crippen LogP contribution in [-0.2, 0) is 11.3 Å². The highest BCUT2D eigenvalue weighted by molar-refractivity contribution is 6.33. The molecule has 0 fully saturated rings. The predicted molar refractivity (Wildman–Crippen MR) is 124 cm³/mol. The number of hydrogen-bond donors (Lipinski definition) is 2. The lowest BCUT2D eigenvalue weighted by Crippen LogP contribution is -2.33. The van der Waals surface area contributed by atoms with Crippen molar-refractivity contribution in [2.75, 3.05) is 11.9 Å². The van der Waals surface area contributed by atoms with Gasteiger partial charge in [-0.3, -0.25) is 9.59 Å². The molecule has 2 aromatic carbocycles. The Kier molecular flexibility index (Phi) is 6.81. The Morgan fingerprint density at radius 1 is 0.968 bits per heavy atom. The molecule has 3 rings (SSSR count). The van der Waals surface area contributed by atoms with E-state index in [-0.39, 0.29) is 23.2 Å². The summed E-state index contributed by atoms with van der Waals surface area (Å²) >= 11 is 6.45. The van der Waals surface area contributed by atoms with E-state index in [4.69, 9.17) is 11.6 Å². The van der Waals surface area contributed by atoms with Crippen LogP contribution in [0.5, 0.6) is 0 Å². The van der Waals surface area contributed by atoms with Gasteiger partial charge in [0.25, 0.3) is 5.91 Å². The van der Waals surface area contributed by atoms with E-state index in [9.17, 15) is 9.59 Å². The Balaban J connectivity index is 1.66. The zero-order chi connectivity index (χ0) is 22.7. The van der Waals surface area contributed by atoms with Crippen molar-refractivity contribution in [2.45, 2.75) is 41.2 Å². The zero-order valence-corrected chi connectivity index (χ0v) is 19.2. The number of aryl methyl sites for hydroxylation is 5. The average Bonchev–Trinajstić information content (AvgIpc) is 2.97. The summed E-state index contributed by atoms with van der Waals surface area (Å²) in [6.07, 6.45) is 0. The Bertz CT molecular complexity index is 1110.